The minimum absolute atomic E-state index is 0.0812. The summed E-state index contributed by atoms with van der Waals surface area (Å²) in [5, 5.41) is 21.6. The molecule has 15 heteroatoms. The fourth-order valence-corrected chi connectivity index (χ4v) is 6.26. The molecule has 3 aromatic carbocycles. The van der Waals surface area contributed by atoms with Crippen molar-refractivity contribution >= 4 is 29.4 Å². The first-order valence-corrected chi connectivity index (χ1v) is 18.0. The molecule has 0 atom stereocenters. The molecule has 0 aliphatic rings. The summed E-state index contributed by atoms with van der Waals surface area (Å²) >= 11 is 1.52. The zero-order valence-electron chi connectivity index (χ0n) is 29.5. The molecule has 0 aliphatic carbocycles. The maximum Gasteiger partial charge on any atom is 0.338 e. The smallest absolute Gasteiger partial charge is 0.338 e. The van der Waals surface area contributed by atoms with Crippen molar-refractivity contribution in [2.75, 3.05) is 0 Å². The Hall–Kier alpha value is -6.35. The number of imidazole rings is 1. The molecule has 14 nitrogen and oxygen atoms in total. The van der Waals surface area contributed by atoms with Crippen LogP contribution in [0.5, 0.6) is 0 Å². The Morgan fingerprint density at radius 3 is 1.94 bits per heavy atom. The summed E-state index contributed by atoms with van der Waals surface area (Å²) in [6.07, 6.45) is 6.44. The SMILES string of the molecule is CCCCc1ncc(C=C(Cc2cccs2)C(=O)OCc2ccccc2CO[N+](=O)[O-])n1Cc1ccc(C(=O)OCc2ccccc2CO[N+](=O)[O-])cc1. The van der Waals surface area contributed by atoms with Crippen molar-refractivity contribution in [1.82, 2.24) is 9.55 Å². The second-order valence-corrected chi connectivity index (χ2v) is 13.1. The third-order valence-corrected chi connectivity index (χ3v) is 9.26. The molecule has 2 heterocycles. The lowest BCUT2D eigenvalue weighted by Crippen LogP contribution is -2.13. The number of rotatable bonds is 20. The van der Waals surface area contributed by atoms with Gasteiger partial charge < -0.3 is 23.7 Å². The van der Waals surface area contributed by atoms with E-state index in [1.54, 1.807) is 72.9 Å². The van der Waals surface area contributed by atoms with Crippen LogP contribution in [0.15, 0.2) is 102 Å². The fraction of sp³-hybridized carbons (Fsp3) is 0.256. The quantitative estimate of drug-likeness (QED) is 0.0333. The highest BCUT2D eigenvalue weighted by Crippen LogP contribution is 2.22. The van der Waals surface area contributed by atoms with Gasteiger partial charge in [0.2, 0.25) is 0 Å². The van der Waals surface area contributed by atoms with E-state index in [9.17, 15) is 29.8 Å². The van der Waals surface area contributed by atoms with Crippen LogP contribution in [0.25, 0.3) is 6.08 Å². The Morgan fingerprint density at radius 1 is 0.796 bits per heavy atom. The van der Waals surface area contributed by atoms with Gasteiger partial charge in [-0.25, -0.2) is 14.6 Å². The number of nitrogens with zero attached hydrogens (tertiary/aromatic N) is 4. The number of benzene rings is 3. The van der Waals surface area contributed by atoms with Gasteiger partial charge in [0.1, 0.15) is 32.3 Å². The lowest BCUT2D eigenvalue weighted by atomic mass is 10.1. The number of esters is 2. The van der Waals surface area contributed by atoms with Crippen molar-refractivity contribution in [3.8, 4) is 0 Å². The normalized spacial score (nSPS) is 11.2. The van der Waals surface area contributed by atoms with Crippen LogP contribution in [0, 0.1) is 20.2 Å². The number of aryl methyl sites for hydroxylation is 1. The molecule has 0 N–H and O–H groups in total. The number of ether oxygens (including phenoxy) is 2. The lowest BCUT2D eigenvalue weighted by Gasteiger charge is -2.14. The van der Waals surface area contributed by atoms with Crippen LogP contribution in [0.2, 0.25) is 0 Å². The number of hydrogen-bond donors (Lipinski definition) is 0. The Morgan fingerprint density at radius 2 is 1.39 bits per heavy atom. The van der Waals surface area contributed by atoms with Gasteiger partial charge in [0, 0.05) is 29.8 Å². The summed E-state index contributed by atoms with van der Waals surface area (Å²) in [5.41, 5.74) is 4.59. The summed E-state index contributed by atoms with van der Waals surface area (Å²) in [6, 6.07) is 24.6. The van der Waals surface area contributed by atoms with Gasteiger partial charge >= 0.3 is 11.9 Å². The zero-order chi connectivity index (χ0) is 38.3. The van der Waals surface area contributed by atoms with E-state index in [0.717, 1.165) is 35.5 Å². The van der Waals surface area contributed by atoms with Gasteiger partial charge in [-0.3, -0.25) is 0 Å². The Labute approximate surface area is 314 Å². The first kappa shape index (κ1) is 38.9. The van der Waals surface area contributed by atoms with E-state index in [4.69, 9.17) is 14.5 Å². The highest BCUT2D eigenvalue weighted by atomic mass is 32.1. The van der Waals surface area contributed by atoms with Crippen molar-refractivity contribution in [3.05, 3.63) is 172 Å². The minimum Gasteiger partial charge on any atom is -0.457 e. The van der Waals surface area contributed by atoms with E-state index >= 15 is 0 Å². The van der Waals surface area contributed by atoms with Crippen LogP contribution < -0.4 is 0 Å². The third kappa shape index (κ3) is 11.3. The van der Waals surface area contributed by atoms with Crippen LogP contribution in [-0.4, -0.2) is 31.7 Å². The van der Waals surface area contributed by atoms with Crippen molar-refractivity contribution in [3.63, 3.8) is 0 Å². The summed E-state index contributed by atoms with van der Waals surface area (Å²) < 4.78 is 13.3. The predicted octanol–water partition coefficient (Wildman–Crippen LogP) is 7.48. The molecule has 0 saturated heterocycles. The molecular weight excluding hydrogens is 717 g/mol. The number of carbonyl (C=O) groups is 2. The molecule has 280 valence electrons. The van der Waals surface area contributed by atoms with Gasteiger partial charge in [0.05, 0.1) is 17.5 Å². The van der Waals surface area contributed by atoms with Gasteiger partial charge in [-0.1, -0.05) is 80.1 Å². The molecule has 2 aromatic heterocycles. The van der Waals surface area contributed by atoms with Crippen molar-refractivity contribution in [1.29, 1.82) is 0 Å². The van der Waals surface area contributed by atoms with Gasteiger partial charge in [-0.15, -0.1) is 31.6 Å². The molecule has 0 radical (unpaired) electrons. The Kier molecular flexibility index (Phi) is 14.0. The standard InChI is InChI=1S/C39H38N4O10S/c1-2-3-14-37-40-22-35(20-34(21-36-13-8-19-54-36)39(45)51-25-31-10-5-7-12-33(31)27-53-43(48)49)41(37)23-28-15-17-29(18-16-28)38(44)50-24-30-9-4-6-11-32(30)26-52-42(46)47/h4-13,15-20,22H,2-3,14,21,23-27H2,1H3. The largest absolute Gasteiger partial charge is 0.457 e. The molecule has 0 aliphatic heterocycles. The molecule has 0 unspecified atom stereocenters. The number of aromatic nitrogens is 2. The molecule has 0 amide bonds. The van der Waals surface area contributed by atoms with Crippen LogP contribution >= 0.6 is 11.3 Å². The summed E-state index contributed by atoms with van der Waals surface area (Å²) in [5.74, 6) is -0.243. The molecule has 54 heavy (non-hydrogen) atoms. The van der Waals surface area contributed by atoms with Crippen LogP contribution in [0.4, 0.5) is 0 Å². The summed E-state index contributed by atoms with van der Waals surface area (Å²) in [4.78, 5) is 62.7. The monoisotopic (exact) mass is 754 g/mol. The van der Waals surface area contributed by atoms with Crippen molar-refractivity contribution in [2.45, 2.75) is 65.6 Å². The van der Waals surface area contributed by atoms with Crippen molar-refractivity contribution in [2.24, 2.45) is 0 Å². The van der Waals surface area contributed by atoms with Crippen molar-refractivity contribution < 1.29 is 38.9 Å². The topological polar surface area (TPSA) is 175 Å². The molecule has 0 bridgehead atoms. The average Bonchev–Trinajstić information content (AvgIpc) is 3.83. The van der Waals surface area contributed by atoms with E-state index < -0.39 is 22.1 Å². The van der Waals surface area contributed by atoms with Crippen LogP contribution in [0.3, 0.4) is 0 Å². The number of unbranched alkanes of at least 4 members (excludes halogenated alkanes) is 1. The molecule has 0 saturated carbocycles. The first-order valence-electron chi connectivity index (χ1n) is 17.1. The van der Waals surface area contributed by atoms with Gasteiger partial charge in [0.15, 0.2) is 0 Å². The summed E-state index contributed by atoms with van der Waals surface area (Å²) in [6.45, 7) is 1.81. The number of carbonyl (C=O) groups excluding carboxylic acids is 2. The number of thiophene rings is 1. The second kappa shape index (κ2) is 19.5. The molecule has 5 aromatic rings. The molecule has 0 fully saturated rings. The van der Waals surface area contributed by atoms with E-state index in [1.807, 2.05) is 34.2 Å². The average molecular weight is 755 g/mol. The molecule has 5 rings (SSSR count). The fourth-order valence-electron chi connectivity index (χ4n) is 5.54. The Balaban J connectivity index is 1.33. The van der Waals surface area contributed by atoms with Gasteiger partial charge in [-0.05, 0) is 63.9 Å². The van der Waals surface area contributed by atoms with E-state index in [0.29, 0.717) is 52.0 Å². The van der Waals surface area contributed by atoms with E-state index in [2.05, 4.69) is 16.6 Å². The van der Waals surface area contributed by atoms with E-state index in [-0.39, 0.29) is 26.4 Å². The lowest BCUT2D eigenvalue weighted by molar-refractivity contribution is -0.763. The summed E-state index contributed by atoms with van der Waals surface area (Å²) in [7, 11) is 0. The second-order valence-electron chi connectivity index (χ2n) is 12.1. The van der Waals surface area contributed by atoms with Crippen LogP contribution in [-0.2, 0) is 69.8 Å². The minimum atomic E-state index is -0.872. The third-order valence-electron chi connectivity index (χ3n) is 8.39. The highest BCUT2D eigenvalue weighted by molar-refractivity contribution is 7.09. The molecule has 0 spiro atoms. The first-order chi connectivity index (χ1) is 26.2. The maximum absolute atomic E-state index is 13.7. The van der Waals surface area contributed by atoms with E-state index in [1.165, 1.54) is 11.3 Å². The molecular formula is C39H38N4O10S. The van der Waals surface area contributed by atoms with Gasteiger partial charge in [-0.2, -0.15) is 0 Å². The predicted molar refractivity (Wildman–Crippen MR) is 198 cm³/mol. The zero-order valence-corrected chi connectivity index (χ0v) is 30.3. The maximum atomic E-state index is 13.7. The highest BCUT2D eigenvalue weighted by Gasteiger charge is 2.18. The number of hydrogen-bond acceptors (Lipinski definition) is 12. The van der Waals surface area contributed by atoms with Gasteiger partial charge in [0.25, 0.3) is 10.2 Å². The Bertz CT molecular complexity index is 2080. The van der Waals surface area contributed by atoms with Crippen LogP contribution in [0.1, 0.15) is 74.3 Å².